The fourth-order valence-corrected chi connectivity index (χ4v) is 1.75. The van der Waals surface area contributed by atoms with Gasteiger partial charge in [-0.15, -0.1) is 0 Å². The molecule has 0 atom stereocenters. The molecule has 1 aliphatic heterocycles. The SMILES string of the molecule is O=C1CCCNC(=O)N1c1cccc([N+](=O)[O-])c1. The Labute approximate surface area is 103 Å². The van der Waals surface area contributed by atoms with Crippen LogP contribution in [0, 0.1) is 10.1 Å². The monoisotopic (exact) mass is 249 g/mol. The van der Waals surface area contributed by atoms with Crippen LogP contribution >= 0.6 is 0 Å². The number of hydrogen-bond acceptors (Lipinski definition) is 4. The Morgan fingerprint density at radius 2 is 2.11 bits per heavy atom. The zero-order valence-corrected chi connectivity index (χ0v) is 9.46. The van der Waals surface area contributed by atoms with Crippen molar-refractivity contribution in [3.63, 3.8) is 0 Å². The predicted molar refractivity (Wildman–Crippen MR) is 63.2 cm³/mol. The van der Waals surface area contributed by atoms with E-state index in [9.17, 15) is 19.7 Å². The molecule has 1 fully saturated rings. The number of imide groups is 1. The first-order valence-electron chi connectivity index (χ1n) is 5.45. The molecule has 0 aliphatic carbocycles. The van der Waals surface area contributed by atoms with Gasteiger partial charge in [0.25, 0.3) is 5.69 Å². The molecule has 0 radical (unpaired) electrons. The average Bonchev–Trinajstić information content (AvgIpc) is 2.51. The van der Waals surface area contributed by atoms with Crippen molar-refractivity contribution in [2.24, 2.45) is 0 Å². The molecule has 0 bridgehead atoms. The molecule has 94 valence electrons. The van der Waals surface area contributed by atoms with E-state index in [-0.39, 0.29) is 23.7 Å². The molecule has 2 rings (SSSR count). The van der Waals surface area contributed by atoms with Crippen molar-refractivity contribution in [1.82, 2.24) is 5.32 Å². The number of benzene rings is 1. The standard InChI is InChI=1S/C11H11N3O4/c15-10-5-2-6-12-11(16)13(10)8-3-1-4-9(7-8)14(17)18/h1,3-4,7H,2,5-6H2,(H,12,16). The third-order valence-corrected chi connectivity index (χ3v) is 2.59. The minimum atomic E-state index is -0.566. The van der Waals surface area contributed by atoms with Crippen molar-refractivity contribution < 1.29 is 14.5 Å². The largest absolute Gasteiger partial charge is 0.337 e. The van der Waals surface area contributed by atoms with E-state index in [0.29, 0.717) is 13.0 Å². The van der Waals surface area contributed by atoms with E-state index >= 15 is 0 Å². The van der Waals surface area contributed by atoms with Crippen LogP contribution in [-0.4, -0.2) is 23.4 Å². The Kier molecular flexibility index (Phi) is 3.22. The molecule has 1 aromatic rings. The van der Waals surface area contributed by atoms with Gasteiger partial charge < -0.3 is 5.32 Å². The molecule has 0 aromatic heterocycles. The van der Waals surface area contributed by atoms with E-state index in [1.54, 1.807) is 0 Å². The van der Waals surface area contributed by atoms with Crippen LogP contribution in [0.25, 0.3) is 0 Å². The summed E-state index contributed by atoms with van der Waals surface area (Å²) in [5.41, 5.74) is 0.0611. The van der Waals surface area contributed by atoms with Gasteiger partial charge in [-0.2, -0.15) is 0 Å². The van der Waals surface area contributed by atoms with Gasteiger partial charge in [-0.05, 0) is 12.5 Å². The summed E-state index contributed by atoms with van der Waals surface area (Å²) in [6.45, 7) is 0.427. The van der Waals surface area contributed by atoms with Crippen LogP contribution in [0.4, 0.5) is 16.2 Å². The molecule has 3 amide bonds. The molecular formula is C11H11N3O4. The molecule has 0 spiro atoms. The van der Waals surface area contributed by atoms with Crippen LogP contribution in [0.15, 0.2) is 24.3 Å². The van der Waals surface area contributed by atoms with Crippen LogP contribution in [-0.2, 0) is 4.79 Å². The summed E-state index contributed by atoms with van der Waals surface area (Å²) in [7, 11) is 0. The fourth-order valence-electron chi connectivity index (χ4n) is 1.75. The molecule has 1 aromatic carbocycles. The van der Waals surface area contributed by atoms with E-state index in [2.05, 4.69) is 5.32 Å². The maximum Gasteiger partial charge on any atom is 0.328 e. The summed E-state index contributed by atoms with van der Waals surface area (Å²) in [5.74, 6) is -0.356. The second-order valence-electron chi connectivity index (χ2n) is 3.84. The lowest BCUT2D eigenvalue weighted by Gasteiger charge is -2.18. The van der Waals surface area contributed by atoms with E-state index in [1.807, 2.05) is 0 Å². The molecule has 0 unspecified atom stereocenters. The molecule has 1 aliphatic rings. The third-order valence-electron chi connectivity index (χ3n) is 2.59. The van der Waals surface area contributed by atoms with Crippen LogP contribution in [0.2, 0.25) is 0 Å². The van der Waals surface area contributed by atoms with Gasteiger partial charge in [0.1, 0.15) is 0 Å². The lowest BCUT2D eigenvalue weighted by Crippen LogP contribution is -2.41. The smallest absolute Gasteiger partial charge is 0.328 e. The minimum Gasteiger partial charge on any atom is -0.337 e. The molecule has 0 saturated carbocycles. The van der Waals surface area contributed by atoms with Crippen LogP contribution in [0.5, 0.6) is 0 Å². The van der Waals surface area contributed by atoms with Gasteiger partial charge >= 0.3 is 6.03 Å². The van der Waals surface area contributed by atoms with Crippen molar-refractivity contribution in [1.29, 1.82) is 0 Å². The third kappa shape index (κ3) is 2.29. The van der Waals surface area contributed by atoms with Gasteiger partial charge in [-0.25, -0.2) is 9.69 Å². The number of carbonyl (C=O) groups excluding carboxylic acids is 2. The molecule has 18 heavy (non-hydrogen) atoms. The Morgan fingerprint density at radius 3 is 2.83 bits per heavy atom. The summed E-state index contributed by atoms with van der Waals surface area (Å²) in [5, 5.41) is 13.2. The van der Waals surface area contributed by atoms with Gasteiger partial charge in [-0.3, -0.25) is 14.9 Å². The number of non-ortho nitro benzene ring substituents is 1. The van der Waals surface area contributed by atoms with Crippen molar-refractivity contribution in [2.45, 2.75) is 12.8 Å². The van der Waals surface area contributed by atoms with Gasteiger partial charge in [0.15, 0.2) is 0 Å². The number of amides is 3. The summed E-state index contributed by atoms with van der Waals surface area (Å²) in [6, 6.07) is 4.92. The molecule has 1 heterocycles. The number of urea groups is 1. The predicted octanol–water partition coefficient (Wildman–Crippen LogP) is 1.43. The first kappa shape index (κ1) is 12.0. The minimum absolute atomic E-state index is 0.155. The van der Waals surface area contributed by atoms with Gasteiger partial charge in [0.2, 0.25) is 5.91 Å². The maximum absolute atomic E-state index is 11.8. The van der Waals surface area contributed by atoms with E-state index in [0.717, 1.165) is 4.90 Å². The Balaban J connectivity index is 2.39. The Hall–Kier alpha value is -2.44. The van der Waals surface area contributed by atoms with Gasteiger partial charge in [-0.1, -0.05) is 6.07 Å². The second kappa shape index (κ2) is 4.82. The van der Waals surface area contributed by atoms with Gasteiger partial charge in [0.05, 0.1) is 10.6 Å². The molecule has 1 N–H and O–H groups in total. The average molecular weight is 249 g/mol. The highest BCUT2D eigenvalue weighted by Gasteiger charge is 2.26. The summed E-state index contributed by atoms with van der Waals surface area (Å²) in [6.07, 6.45) is 0.803. The Bertz CT molecular complexity index is 497. The number of nitrogens with one attached hydrogen (secondary N) is 1. The molecule has 7 nitrogen and oxygen atoms in total. The summed E-state index contributed by atoms with van der Waals surface area (Å²) >= 11 is 0. The zero-order chi connectivity index (χ0) is 13.1. The van der Waals surface area contributed by atoms with Crippen LogP contribution in [0.3, 0.4) is 0 Å². The number of rotatable bonds is 2. The van der Waals surface area contributed by atoms with Crippen molar-refractivity contribution in [3.05, 3.63) is 34.4 Å². The molecular weight excluding hydrogens is 238 g/mol. The molecule has 1 saturated heterocycles. The number of hydrogen-bond donors (Lipinski definition) is 1. The zero-order valence-electron chi connectivity index (χ0n) is 9.46. The molecule has 7 heteroatoms. The highest BCUT2D eigenvalue weighted by molar-refractivity contribution is 6.14. The summed E-state index contributed by atoms with van der Waals surface area (Å²) < 4.78 is 0. The number of anilines is 1. The van der Waals surface area contributed by atoms with Crippen molar-refractivity contribution >= 4 is 23.3 Å². The Morgan fingerprint density at radius 1 is 1.33 bits per heavy atom. The quantitative estimate of drug-likeness (QED) is 0.633. The highest BCUT2D eigenvalue weighted by Crippen LogP contribution is 2.22. The second-order valence-corrected chi connectivity index (χ2v) is 3.84. The lowest BCUT2D eigenvalue weighted by atomic mass is 10.2. The van der Waals surface area contributed by atoms with Crippen LogP contribution < -0.4 is 10.2 Å². The van der Waals surface area contributed by atoms with Gasteiger partial charge in [0, 0.05) is 25.1 Å². The maximum atomic E-state index is 11.8. The fraction of sp³-hybridized carbons (Fsp3) is 0.273. The summed E-state index contributed by atoms with van der Waals surface area (Å²) in [4.78, 5) is 34.6. The van der Waals surface area contributed by atoms with Crippen molar-refractivity contribution in [3.8, 4) is 0 Å². The highest BCUT2D eigenvalue weighted by atomic mass is 16.6. The van der Waals surface area contributed by atoms with Crippen LogP contribution in [0.1, 0.15) is 12.8 Å². The number of carbonyl (C=O) groups is 2. The first-order chi connectivity index (χ1) is 8.59. The topological polar surface area (TPSA) is 92.6 Å². The first-order valence-corrected chi connectivity index (χ1v) is 5.45. The van der Waals surface area contributed by atoms with E-state index in [4.69, 9.17) is 0 Å². The normalized spacial score (nSPS) is 16.1. The van der Waals surface area contributed by atoms with E-state index < -0.39 is 11.0 Å². The van der Waals surface area contributed by atoms with E-state index in [1.165, 1.54) is 24.3 Å². The number of nitro benzene ring substituents is 1. The number of nitro groups is 1. The number of nitrogens with zero attached hydrogens (tertiary/aromatic N) is 2. The van der Waals surface area contributed by atoms with Crippen molar-refractivity contribution in [2.75, 3.05) is 11.4 Å². The lowest BCUT2D eigenvalue weighted by molar-refractivity contribution is -0.384.